The number of nitrogens with one attached hydrogen (secondary N) is 1. The summed E-state index contributed by atoms with van der Waals surface area (Å²) in [6, 6.07) is 9.21. The van der Waals surface area contributed by atoms with Gasteiger partial charge in [0.1, 0.15) is 6.54 Å². The number of hydrogen-bond donors (Lipinski definition) is 1. The van der Waals surface area contributed by atoms with Crippen molar-refractivity contribution in [1.29, 1.82) is 5.26 Å². The van der Waals surface area contributed by atoms with Crippen LogP contribution in [0.2, 0.25) is 0 Å². The van der Waals surface area contributed by atoms with Crippen LogP contribution in [-0.2, 0) is 9.53 Å². The summed E-state index contributed by atoms with van der Waals surface area (Å²) in [6.45, 7) is 6.44. The molecule has 1 aliphatic rings. The molecule has 1 N–H and O–H groups in total. The van der Waals surface area contributed by atoms with Crippen LogP contribution in [0.4, 0.5) is 10.5 Å². The molecular weight excluding hydrogens is 308 g/mol. The van der Waals surface area contributed by atoms with E-state index in [0.29, 0.717) is 31.7 Å². The number of anilines is 1. The van der Waals surface area contributed by atoms with Crippen molar-refractivity contribution in [1.82, 2.24) is 10.2 Å². The van der Waals surface area contributed by atoms with Crippen LogP contribution in [0.5, 0.6) is 0 Å². The molecule has 0 spiro atoms. The van der Waals surface area contributed by atoms with Crippen molar-refractivity contribution in [3.05, 3.63) is 29.8 Å². The number of ether oxygens (including phenoxy) is 1. The average Bonchev–Trinajstić information content (AvgIpc) is 2.67. The van der Waals surface area contributed by atoms with Crippen LogP contribution < -0.4 is 10.2 Å². The van der Waals surface area contributed by atoms with E-state index in [-0.39, 0.29) is 12.6 Å². The smallest absolute Gasteiger partial charge is 0.325 e. The van der Waals surface area contributed by atoms with Gasteiger partial charge in [0, 0.05) is 31.9 Å². The largest absolute Gasteiger partial charge is 0.468 e. The molecule has 1 heterocycles. The molecule has 0 atom stereocenters. The summed E-state index contributed by atoms with van der Waals surface area (Å²) in [5.74, 6) is -0.468. The Morgan fingerprint density at radius 1 is 1.17 bits per heavy atom. The van der Waals surface area contributed by atoms with Crippen LogP contribution >= 0.6 is 0 Å². The highest BCUT2D eigenvalue weighted by molar-refractivity contribution is 5.81. The Labute approximate surface area is 142 Å². The molecule has 2 amide bonds. The maximum absolute atomic E-state index is 11.9. The van der Waals surface area contributed by atoms with Gasteiger partial charge >= 0.3 is 12.0 Å². The topological polar surface area (TPSA) is 85.7 Å². The minimum absolute atomic E-state index is 0.120. The molecule has 0 aliphatic carbocycles. The first kappa shape index (κ1) is 19.3. The predicted molar refractivity (Wildman–Crippen MR) is 91.7 cm³/mol. The van der Waals surface area contributed by atoms with E-state index in [2.05, 4.69) is 21.0 Å². The van der Waals surface area contributed by atoms with E-state index < -0.39 is 5.97 Å². The Bertz CT molecular complexity index is 572. The lowest BCUT2D eigenvalue weighted by molar-refractivity contribution is -0.139. The monoisotopic (exact) mass is 332 g/mol. The molecule has 0 radical (unpaired) electrons. The number of rotatable bonds is 3. The number of hydrogen-bond acceptors (Lipinski definition) is 5. The second-order valence-corrected chi connectivity index (χ2v) is 4.87. The third-order valence-electron chi connectivity index (χ3n) is 3.54. The zero-order valence-electron chi connectivity index (χ0n) is 14.4. The molecule has 1 aromatic carbocycles. The summed E-state index contributed by atoms with van der Waals surface area (Å²) in [4.78, 5) is 26.7. The first-order chi connectivity index (χ1) is 11.6. The van der Waals surface area contributed by atoms with Gasteiger partial charge in [-0.2, -0.15) is 5.26 Å². The second-order valence-electron chi connectivity index (χ2n) is 4.87. The van der Waals surface area contributed by atoms with Gasteiger partial charge in [-0.05, 0) is 24.3 Å². The third-order valence-corrected chi connectivity index (χ3v) is 3.54. The first-order valence-corrected chi connectivity index (χ1v) is 7.98. The number of carbonyl (C=O) groups excluding carboxylic acids is 2. The number of esters is 1. The van der Waals surface area contributed by atoms with Crippen molar-refractivity contribution < 1.29 is 14.3 Å². The number of nitriles is 1. The lowest BCUT2D eigenvalue weighted by Crippen LogP contribution is -2.52. The number of piperazine rings is 1. The number of amides is 2. The van der Waals surface area contributed by atoms with Gasteiger partial charge in [-0.1, -0.05) is 13.8 Å². The summed E-state index contributed by atoms with van der Waals surface area (Å²) < 4.78 is 4.48. The Hall–Kier alpha value is -2.75. The second kappa shape index (κ2) is 10.1. The van der Waals surface area contributed by atoms with E-state index in [4.69, 9.17) is 5.26 Å². The van der Waals surface area contributed by atoms with Crippen LogP contribution in [0.25, 0.3) is 0 Å². The molecule has 2 rings (SSSR count). The van der Waals surface area contributed by atoms with Gasteiger partial charge in [0.2, 0.25) is 0 Å². The highest BCUT2D eigenvalue weighted by Gasteiger charge is 2.21. The zero-order chi connectivity index (χ0) is 17.9. The van der Waals surface area contributed by atoms with Gasteiger partial charge in [-0.3, -0.25) is 4.79 Å². The average molecular weight is 332 g/mol. The van der Waals surface area contributed by atoms with Crippen LogP contribution in [0, 0.1) is 11.3 Å². The molecule has 1 saturated heterocycles. The third kappa shape index (κ3) is 5.47. The van der Waals surface area contributed by atoms with Crippen molar-refractivity contribution in [3.63, 3.8) is 0 Å². The molecule has 1 aromatic rings. The van der Waals surface area contributed by atoms with Gasteiger partial charge in [-0.15, -0.1) is 0 Å². The summed E-state index contributed by atoms with van der Waals surface area (Å²) in [6.07, 6.45) is 0. The maximum Gasteiger partial charge on any atom is 0.325 e. The highest BCUT2D eigenvalue weighted by Crippen LogP contribution is 2.17. The van der Waals surface area contributed by atoms with E-state index in [1.165, 1.54) is 7.11 Å². The number of nitrogens with zero attached hydrogens (tertiary/aromatic N) is 3. The van der Waals surface area contributed by atoms with Crippen molar-refractivity contribution in [2.45, 2.75) is 13.8 Å². The Balaban J connectivity index is 0.00000139. The molecule has 0 saturated carbocycles. The number of methoxy groups -OCH3 is 1. The quantitative estimate of drug-likeness (QED) is 0.850. The van der Waals surface area contributed by atoms with Crippen molar-refractivity contribution in [3.8, 4) is 6.07 Å². The van der Waals surface area contributed by atoms with E-state index in [1.54, 1.807) is 17.0 Å². The Morgan fingerprint density at radius 3 is 2.25 bits per heavy atom. The molecule has 0 unspecified atom stereocenters. The molecule has 0 bridgehead atoms. The number of carbonyl (C=O) groups is 2. The van der Waals surface area contributed by atoms with E-state index in [9.17, 15) is 9.59 Å². The summed E-state index contributed by atoms with van der Waals surface area (Å²) in [5, 5.41) is 11.3. The molecule has 7 heteroatoms. The molecule has 1 fully saturated rings. The Morgan fingerprint density at radius 2 is 1.75 bits per heavy atom. The van der Waals surface area contributed by atoms with Crippen LogP contribution in [0.3, 0.4) is 0 Å². The van der Waals surface area contributed by atoms with Gasteiger partial charge in [0.05, 0.1) is 18.7 Å². The summed E-state index contributed by atoms with van der Waals surface area (Å²) >= 11 is 0. The van der Waals surface area contributed by atoms with Gasteiger partial charge in [0.15, 0.2) is 0 Å². The zero-order valence-corrected chi connectivity index (χ0v) is 14.4. The van der Waals surface area contributed by atoms with Gasteiger partial charge in [0.25, 0.3) is 0 Å². The van der Waals surface area contributed by atoms with Crippen LogP contribution in [-0.4, -0.2) is 56.7 Å². The summed E-state index contributed by atoms with van der Waals surface area (Å²) in [7, 11) is 1.28. The van der Waals surface area contributed by atoms with Crippen LogP contribution in [0.15, 0.2) is 24.3 Å². The highest BCUT2D eigenvalue weighted by atomic mass is 16.5. The van der Waals surface area contributed by atoms with Crippen molar-refractivity contribution in [2.75, 3.05) is 44.7 Å². The lowest BCUT2D eigenvalue weighted by Gasteiger charge is -2.36. The fourth-order valence-corrected chi connectivity index (χ4v) is 2.25. The normalized spacial score (nSPS) is 13.2. The summed E-state index contributed by atoms with van der Waals surface area (Å²) in [5.41, 5.74) is 1.66. The lowest BCUT2D eigenvalue weighted by atomic mass is 10.2. The maximum atomic E-state index is 11.9. The number of benzene rings is 1. The van der Waals surface area contributed by atoms with E-state index >= 15 is 0 Å². The fraction of sp³-hybridized carbons (Fsp3) is 0.471. The predicted octanol–water partition coefficient (Wildman–Crippen LogP) is 1.59. The van der Waals surface area contributed by atoms with Crippen molar-refractivity contribution >= 4 is 17.7 Å². The molecule has 24 heavy (non-hydrogen) atoms. The first-order valence-electron chi connectivity index (χ1n) is 7.98. The molecule has 7 nitrogen and oxygen atoms in total. The molecule has 130 valence electrons. The SMILES string of the molecule is CC.COC(=O)CNC(=O)N1CCN(c2ccc(C#N)cc2)CC1. The van der Waals surface area contributed by atoms with Gasteiger partial charge < -0.3 is 19.9 Å². The molecule has 0 aromatic heterocycles. The number of urea groups is 1. The van der Waals surface area contributed by atoms with E-state index in [1.807, 2.05) is 26.0 Å². The van der Waals surface area contributed by atoms with Gasteiger partial charge in [-0.25, -0.2) is 4.79 Å². The minimum atomic E-state index is -0.468. The molecular formula is C17H24N4O3. The van der Waals surface area contributed by atoms with Crippen molar-refractivity contribution in [2.24, 2.45) is 0 Å². The van der Waals surface area contributed by atoms with Crippen LogP contribution in [0.1, 0.15) is 19.4 Å². The minimum Gasteiger partial charge on any atom is -0.468 e. The fourth-order valence-electron chi connectivity index (χ4n) is 2.25. The molecule has 1 aliphatic heterocycles. The Kier molecular flexibility index (Phi) is 8.13. The standard InChI is InChI=1S/C15H18N4O3.C2H6/c1-22-14(20)11-17-15(21)19-8-6-18(7-9-19)13-4-2-12(10-16)3-5-13;1-2/h2-5H,6-9,11H2,1H3,(H,17,21);1-2H3. The van der Waals surface area contributed by atoms with E-state index in [0.717, 1.165) is 5.69 Å².